The highest BCUT2D eigenvalue weighted by Crippen LogP contribution is 2.19. The number of hydrogen-bond donors (Lipinski definition) is 2. The Labute approximate surface area is 153 Å². The van der Waals surface area contributed by atoms with Gasteiger partial charge in [-0.3, -0.25) is 14.2 Å². The van der Waals surface area contributed by atoms with Gasteiger partial charge in [0.1, 0.15) is 5.82 Å². The van der Waals surface area contributed by atoms with Crippen LogP contribution in [0.3, 0.4) is 0 Å². The topological polar surface area (TPSA) is 101 Å². The smallest absolute Gasteiger partial charge is 0.217 e. The quantitative estimate of drug-likeness (QED) is 0.453. The molecular weight excluding hydrogens is 330 g/mol. The van der Waals surface area contributed by atoms with Crippen molar-refractivity contribution in [1.29, 1.82) is 0 Å². The molecular formula is C18H27N7O. The minimum Gasteiger partial charge on any atom is -0.370 e. The number of pyridine rings is 1. The lowest BCUT2D eigenvalue weighted by atomic mass is 9.95. The minimum absolute atomic E-state index is 0.222. The summed E-state index contributed by atoms with van der Waals surface area (Å²) in [5, 5.41) is 11.9. The third-order valence-electron chi connectivity index (χ3n) is 4.76. The maximum Gasteiger partial charge on any atom is 0.217 e. The number of likely N-dealkylation sites (tertiary alicyclic amines) is 1. The van der Waals surface area contributed by atoms with E-state index in [1.807, 2.05) is 28.8 Å². The maximum atomic E-state index is 11.2. The van der Waals surface area contributed by atoms with E-state index in [2.05, 4.69) is 25.4 Å². The van der Waals surface area contributed by atoms with Gasteiger partial charge in [-0.2, -0.15) is 0 Å². The average Bonchev–Trinajstić information content (AvgIpc) is 3.05. The number of rotatable bonds is 6. The maximum absolute atomic E-state index is 11.2. The fraction of sp³-hybridized carbons (Fsp3) is 0.556. The average molecular weight is 357 g/mol. The fourth-order valence-corrected chi connectivity index (χ4v) is 3.55. The van der Waals surface area contributed by atoms with Crippen molar-refractivity contribution in [2.75, 3.05) is 26.7 Å². The Hall–Kier alpha value is -2.64. The van der Waals surface area contributed by atoms with Gasteiger partial charge in [0.2, 0.25) is 5.91 Å². The molecule has 2 aromatic heterocycles. The highest BCUT2D eigenvalue weighted by Gasteiger charge is 2.23. The molecule has 1 atom stereocenters. The number of carbonyl (C=O) groups excluding carboxylic acids is 1. The Morgan fingerprint density at radius 1 is 1.42 bits per heavy atom. The lowest BCUT2D eigenvalue weighted by molar-refractivity contribution is -0.119. The second-order valence-electron chi connectivity index (χ2n) is 6.75. The van der Waals surface area contributed by atoms with Crippen LogP contribution in [0.5, 0.6) is 0 Å². The van der Waals surface area contributed by atoms with Gasteiger partial charge in [0.15, 0.2) is 11.6 Å². The van der Waals surface area contributed by atoms with Crippen molar-refractivity contribution >= 4 is 17.5 Å². The summed E-state index contributed by atoms with van der Waals surface area (Å²) in [5.41, 5.74) is 6.22. The molecule has 0 saturated carbocycles. The van der Waals surface area contributed by atoms with E-state index in [1.165, 1.54) is 0 Å². The normalized spacial score (nSPS) is 18.3. The molecule has 3 N–H and O–H groups in total. The number of carbonyl (C=O) groups is 1. The lowest BCUT2D eigenvalue weighted by Crippen LogP contribution is -2.47. The van der Waals surface area contributed by atoms with Crippen LogP contribution in [0, 0.1) is 5.92 Å². The molecule has 140 valence electrons. The minimum atomic E-state index is -0.222. The molecule has 0 bridgehead atoms. The third-order valence-corrected chi connectivity index (χ3v) is 4.76. The second kappa shape index (κ2) is 8.64. The molecule has 0 aromatic carbocycles. The lowest BCUT2D eigenvalue weighted by Gasteiger charge is -2.34. The molecule has 0 spiro atoms. The SMILES string of the molecule is CN=C(NCCCc1nnc2ccccn12)N1CCCC(CC(N)=O)C1. The first kappa shape index (κ1) is 18.2. The van der Waals surface area contributed by atoms with Crippen LogP contribution in [0.4, 0.5) is 0 Å². The Balaban J connectivity index is 1.47. The molecule has 1 fully saturated rings. The molecule has 8 heteroatoms. The van der Waals surface area contributed by atoms with E-state index in [1.54, 1.807) is 7.05 Å². The Morgan fingerprint density at radius 2 is 2.31 bits per heavy atom. The number of nitrogens with two attached hydrogens (primary N) is 1. The van der Waals surface area contributed by atoms with Gasteiger partial charge in [-0.1, -0.05) is 6.07 Å². The number of aryl methyl sites for hydroxylation is 1. The monoisotopic (exact) mass is 357 g/mol. The van der Waals surface area contributed by atoms with E-state index >= 15 is 0 Å². The summed E-state index contributed by atoms with van der Waals surface area (Å²) in [6.07, 6.45) is 6.34. The predicted octanol–water partition coefficient (Wildman–Crippen LogP) is 0.825. The molecule has 0 radical (unpaired) electrons. The third kappa shape index (κ3) is 4.50. The number of amides is 1. The van der Waals surface area contributed by atoms with Crippen LogP contribution in [0.1, 0.15) is 31.5 Å². The summed E-state index contributed by atoms with van der Waals surface area (Å²) in [4.78, 5) is 17.8. The first-order valence-corrected chi connectivity index (χ1v) is 9.20. The number of nitrogens with one attached hydrogen (secondary N) is 1. The van der Waals surface area contributed by atoms with E-state index in [0.717, 1.165) is 62.7 Å². The van der Waals surface area contributed by atoms with Crippen LogP contribution >= 0.6 is 0 Å². The highest BCUT2D eigenvalue weighted by molar-refractivity contribution is 5.80. The van der Waals surface area contributed by atoms with Gasteiger partial charge in [0.25, 0.3) is 0 Å². The number of nitrogens with zero attached hydrogens (tertiary/aromatic N) is 5. The molecule has 2 aromatic rings. The predicted molar refractivity (Wildman–Crippen MR) is 101 cm³/mol. The van der Waals surface area contributed by atoms with Gasteiger partial charge >= 0.3 is 0 Å². The van der Waals surface area contributed by atoms with E-state index in [9.17, 15) is 4.79 Å². The van der Waals surface area contributed by atoms with E-state index in [0.29, 0.717) is 12.3 Å². The number of primary amides is 1. The van der Waals surface area contributed by atoms with Gasteiger partial charge in [0.05, 0.1) is 0 Å². The first-order valence-electron chi connectivity index (χ1n) is 9.20. The standard InChI is InChI=1S/C18H27N7O/c1-20-18(24-10-5-6-14(13-24)12-15(19)26)21-9-4-8-17-23-22-16-7-2-3-11-25(16)17/h2-3,7,11,14H,4-6,8-10,12-13H2,1H3,(H2,19,26)(H,20,21). The van der Waals surface area contributed by atoms with Gasteiger partial charge < -0.3 is 16.0 Å². The number of aliphatic imine (C=N–C) groups is 1. The van der Waals surface area contributed by atoms with E-state index in [4.69, 9.17) is 5.73 Å². The van der Waals surface area contributed by atoms with Crippen molar-refractivity contribution in [3.05, 3.63) is 30.2 Å². The number of guanidine groups is 1. The Kier molecular flexibility index (Phi) is 6.04. The van der Waals surface area contributed by atoms with Crippen LogP contribution in [0.2, 0.25) is 0 Å². The summed E-state index contributed by atoms with van der Waals surface area (Å²) in [7, 11) is 1.80. The summed E-state index contributed by atoms with van der Waals surface area (Å²) in [6, 6.07) is 5.90. The first-order chi connectivity index (χ1) is 12.7. The zero-order valence-corrected chi connectivity index (χ0v) is 15.3. The van der Waals surface area contributed by atoms with Gasteiger partial charge in [0, 0.05) is 45.7 Å². The van der Waals surface area contributed by atoms with Crippen molar-refractivity contribution < 1.29 is 4.79 Å². The van der Waals surface area contributed by atoms with E-state index in [-0.39, 0.29) is 5.91 Å². The van der Waals surface area contributed by atoms with Gasteiger partial charge in [-0.25, -0.2) is 0 Å². The number of piperidine rings is 1. The molecule has 3 rings (SSSR count). The van der Waals surface area contributed by atoms with Crippen LogP contribution in [0.25, 0.3) is 5.65 Å². The zero-order valence-electron chi connectivity index (χ0n) is 15.3. The Morgan fingerprint density at radius 3 is 3.12 bits per heavy atom. The molecule has 1 saturated heterocycles. The number of hydrogen-bond acceptors (Lipinski definition) is 4. The fourth-order valence-electron chi connectivity index (χ4n) is 3.55. The molecule has 26 heavy (non-hydrogen) atoms. The van der Waals surface area contributed by atoms with Gasteiger partial charge in [-0.05, 0) is 37.3 Å². The van der Waals surface area contributed by atoms with Crippen LogP contribution in [-0.2, 0) is 11.2 Å². The molecule has 1 amide bonds. The van der Waals surface area contributed by atoms with Crippen molar-refractivity contribution in [2.45, 2.75) is 32.1 Å². The van der Waals surface area contributed by atoms with Crippen molar-refractivity contribution in [3.63, 3.8) is 0 Å². The molecule has 1 unspecified atom stereocenters. The van der Waals surface area contributed by atoms with E-state index < -0.39 is 0 Å². The molecule has 3 heterocycles. The van der Waals surface area contributed by atoms with Crippen LogP contribution in [-0.4, -0.2) is 58.0 Å². The molecule has 0 aliphatic carbocycles. The summed E-state index contributed by atoms with van der Waals surface area (Å²) < 4.78 is 2.02. The Bertz CT molecular complexity index is 770. The number of fused-ring (bicyclic) bond motifs is 1. The molecule has 1 aliphatic rings. The summed E-state index contributed by atoms with van der Waals surface area (Å²) >= 11 is 0. The highest BCUT2D eigenvalue weighted by atomic mass is 16.1. The summed E-state index contributed by atoms with van der Waals surface area (Å²) in [5.74, 6) is 1.96. The van der Waals surface area contributed by atoms with Crippen molar-refractivity contribution in [2.24, 2.45) is 16.6 Å². The van der Waals surface area contributed by atoms with Crippen LogP contribution in [0.15, 0.2) is 29.4 Å². The molecule has 8 nitrogen and oxygen atoms in total. The number of aromatic nitrogens is 3. The van der Waals surface area contributed by atoms with Crippen molar-refractivity contribution in [1.82, 2.24) is 24.8 Å². The van der Waals surface area contributed by atoms with Crippen LogP contribution < -0.4 is 11.1 Å². The second-order valence-corrected chi connectivity index (χ2v) is 6.75. The van der Waals surface area contributed by atoms with Crippen molar-refractivity contribution in [3.8, 4) is 0 Å². The largest absolute Gasteiger partial charge is 0.370 e. The van der Waals surface area contributed by atoms with Gasteiger partial charge in [-0.15, -0.1) is 10.2 Å². The summed E-state index contributed by atoms with van der Waals surface area (Å²) in [6.45, 7) is 2.60. The molecule has 1 aliphatic heterocycles. The zero-order chi connectivity index (χ0) is 18.4.